The molecule has 0 unspecified atom stereocenters. The van der Waals surface area contributed by atoms with Gasteiger partial charge >= 0.3 is 0 Å². The van der Waals surface area contributed by atoms with E-state index in [2.05, 4.69) is 15.3 Å². The first-order valence-corrected chi connectivity index (χ1v) is 10.4. The molecule has 1 amide bonds. The number of carbonyl (C=O) groups excluding carboxylic acids is 1. The molecule has 7 heteroatoms. The molecule has 3 aromatic carbocycles. The third-order valence-corrected chi connectivity index (χ3v) is 6.49. The van der Waals surface area contributed by atoms with Gasteiger partial charge in [-0.15, -0.1) is 11.3 Å². The van der Waals surface area contributed by atoms with Crippen LogP contribution in [0.15, 0.2) is 66.7 Å². The van der Waals surface area contributed by atoms with Crippen molar-refractivity contribution in [3.63, 3.8) is 0 Å². The van der Waals surface area contributed by atoms with Gasteiger partial charge in [-0.3, -0.25) is 4.79 Å². The van der Waals surface area contributed by atoms with Crippen LogP contribution in [-0.2, 0) is 0 Å². The third kappa shape index (κ3) is 3.38. The molecule has 0 saturated carbocycles. The first-order valence-electron chi connectivity index (χ1n) is 8.82. The topological polar surface area (TPSA) is 57.8 Å². The van der Waals surface area contributed by atoms with Crippen LogP contribution in [0.25, 0.3) is 32.5 Å². The van der Waals surface area contributed by atoms with E-state index in [9.17, 15) is 4.79 Å². The highest BCUT2D eigenvalue weighted by molar-refractivity contribution is 7.21. The van der Waals surface area contributed by atoms with Crippen LogP contribution in [0.3, 0.4) is 0 Å². The second-order valence-electron chi connectivity index (χ2n) is 6.52. The highest BCUT2D eigenvalue weighted by atomic mass is 35.5. The van der Waals surface area contributed by atoms with E-state index in [1.165, 1.54) is 11.3 Å². The smallest absolute Gasteiger partial charge is 0.267 e. The zero-order valence-corrected chi connectivity index (χ0v) is 17.2. The number of para-hydroxylation sites is 2. The van der Waals surface area contributed by atoms with E-state index in [0.717, 1.165) is 32.5 Å². The van der Waals surface area contributed by atoms with Crippen LogP contribution in [0.5, 0.6) is 0 Å². The van der Waals surface area contributed by atoms with E-state index in [1.807, 2.05) is 60.7 Å². The maximum absolute atomic E-state index is 12.7. The maximum atomic E-state index is 12.7. The fourth-order valence-corrected chi connectivity index (χ4v) is 4.86. The van der Waals surface area contributed by atoms with Gasteiger partial charge in [-0.1, -0.05) is 41.4 Å². The van der Waals surface area contributed by atoms with Gasteiger partial charge < -0.3 is 10.3 Å². The normalized spacial score (nSPS) is 11.2. The minimum absolute atomic E-state index is 0.246. The summed E-state index contributed by atoms with van der Waals surface area (Å²) in [6.45, 7) is 0. The van der Waals surface area contributed by atoms with Crippen LogP contribution in [-0.4, -0.2) is 15.9 Å². The standard InChI is InChI=1S/C22H13Cl2N3OS/c23-13-7-10-15-18(11-13)29-20(19(15)24)22(28)25-14-8-5-12(6-9-14)21-26-16-3-1-2-4-17(16)27-21/h1-11H,(H,25,28)(H,26,27). The van der Waals surface area contributed by atoms with E-state index in [1.54, 1.807) is 6.07 Å². The van der Waals surface area contributed by atoms with E-state index in [4.69, 9.17) is 23.2 Å². The summed E-state index contributed by atoms with van der Waals surface area (Å²) < 4.78 is 0.882. The van der Waals surface area contributed by atoms with Crippen LogP contribution in [0.1, 0.15) is 9.67 Å². The second-order valence-corrected chi connectivity index (χ2v) is 8.39. The first kappa shape index (κ1) is 18.2. The Kier molecular flexibility index (Phi) is 4.51. The number of aromatic amines is 1. The van der Waals surface area contributed by atoms with Gasteiger partial charge in [0.15, 0.2) is 0 Å². The molecule has 0 spiro atoms. The van der Waals surface area contributed by atoms with Gasteiger partial charge in [0.05, 0.1) is 16.1 Å². The number of carbonyl (C=O) groups is 1. The summed E-state index contributed by atoms with van der Waals surface area (Å²) in [5, 5.41) is 4.79. The van der Waals surface area contributed by atoms with Gasteiger partial charge in [0.1, 0.15) is 10.7 Å². The number of nitrogens with one attached hydrogen (secondary N) is 2. The number of thiophene rings is 1. The van der Waals surface area contributed by atoms with Gasteiger partial charge in [-0.25, -0.2) is 4.98 Å². The molecular weight excluding hydrogens is 425 g/mol. The lowest BCUT2D eigenvalue weighted by Crippen LogP contribution is -2.10. The van der Waals surface area contributed by atoms with Gasteiger partial charge in [-0.05, 0) is 48.5 Å². The number of hydrogen-bond acceptors (Lipinski definition) is 3. The SMILES string of the molecule is O=C(Nc1ccc(-c2nc3ccccc3[nH]2)cc1)c1sc2cc(Cl)ccc2c1Cl. The van der Waals surface area contributed by atoms with Crippen molar-refractivity contribution in [3.05, 3.63) is 81.7 Å². The van der Waals surface area contributed by atoms with Gasteiger partial charge in [0, 0.05) is 26.4 Å². The van der Waals surface area contributed by atoms with Crippen molar-refractivity contribution >= 4 is 67.3 Å². The predicted molar refractivity (Wildman–Crippen MR) is 121 cm³/mol. The third-order valence-electron chi connectivity index (χ3n) is 4.60. The molecule has 2 aromatic heterocycles. The molecule has 5 rings (SSSR count). The first-order chi connectivity index (χ1) is 14.1. The Bertz CT molecular complexity index is 1340. The Morgan fingerprint density at radius 2 is 1.79 bits per heavy atom. The Morgan fingerprint density at radius 3 is 2.59 bits per heavy atom. The largest absolute Gasteiger partial charge is 0.338 e. The molecular formula is C22H13Cl2N3OS. The lowest BCUT2D eigenvalue weighted by atomic mass is 10.2. The molecule has 2 N–H and O–H groups in total. The molecule has 0 radical (unpaired) electrons. The molecule has 142 valence electrons. The summed E-state index contributed by atoms with van der Waals surface area (Å²) in [5.41, 5.74) is 3.52. The van der Waals surface area contributed by atoms with Gasteiger partial charge in [0.2, 0.25) is 0 Å². The number of halogens is 2. The molecule has 0 bridgehead atoms. The molecule has 0 aliphatic carbocycles. The van der Waals surface area contributed by atoms with Gasteiger partial charge in [0.25, 0.3) is 5.91 Å². The van der Waals surface area contributed by atoms with E-state index in [0.29, 0.717) is 20.6 Å². The van der Waals surface area contributed by atoms with Gasteiger partial charge in [-0.2, -0.15) is 0 Å². The molecule has 0 fully saturated rings. The lowest BCUT2D eigenvalue weighted by Gasteiger charge is -2.05. The molecule has 5 aromatic rings. The van der Waals surface area contributed by atoms with Crippen LogP contribution in [0.4, 0.5) is 5.69 Å². The number of amides is 1. The fraction of sp³-hybridized carbons (Fsp3) is 0. The summed E-state index contributed by atoms with van der Waals surface area (Å²) in [4.78, 5) is 21.1. The van der Waals surface area contributed by atoms with E-state index < -0.39 is 0 Å². The summed E-state index contributed by atoms with van der Waals surface area (Å²) in [6, 6.07) is 20.8. The van der Waals surface area contributed by atoms with Crippen molar-refractivity contribution < 1.29 is 4.79 Å². The van der Waals surface area contributed by atoms with Crippen molar-refractivity contribution in [2.45, 2.75) is 0 Å². The molecule has 2 heterocycles. The number of aromatic nitrogens is 2. The quantitative estimate of drug-likeness (QED) is 0.319. The summed E-state index contributed by atoms with van der Waals surface area (Å²) >= 11 is 13.8. The number of fused-ring (bicyclic) bond motifs is 2. The van der Waals surface area contributed by atoms with Crippen molar-refractivity contribution in [2.75, 3.05) is 5.32 Å². The summed E-state index contributed by atoms with van der Waals surface area (Å²) in [6.07, 6.45) is 0. The summed E-state index contributed by atoms with van der Waals surface area (Å²) in [5.74, 6) is 0.539. The fourth-order valence-electron chi connectivity index (χ4n) is 3.17. The van der Waals surface area contributed by atoms with Crippen LogP contribution in [0, 0.1) is 0 Å². The van der Waals surface area contributed by atoms with E-state index in [-0.39, 0.29) is 5.91 Å². The highest BCUT2D eigenvalue weighted by Crippen LogP contribution is 2.37. The average Bonchev–Trinajstić information content (AvgIpc) is 3.29. The highest BCUT2D eigenvalue weighted by Gasteiger charge is 2.17. The predicted octanol–water partition coefficient (Wildman–Crippen LogP) is 7.00. The lowest BCUT2D eigenvalue weighted by molar-refractivity contribution is 0.103. The van der Waals surface area contributed by atoms with Crippen molar-refractivity contribution in [1.29, 1.82) is 0 Å². The monoisotopic (exact) mass is 437 g/mol. The minimum atomic E-state index is -0.246. The number of nitrogens with zero attached hydrogens (tertiary/aromatic N) is 1. The molecule has 29 heavy (non-hydrogen) atoms. The van der Waals surface area contributed by atoms with Crippen LogP contribution < -0.4 is 5.32 Å². The number of imidazole rings is 1. The molecule has 0 saturated heterocycles. The van der Waals surface area contributed by atoms with Crippen LogP contribution in [0.2, 0.25) is 10.0 Å². The minimum Gasteiger partial charge on any atom is -0.338 e. The Morgan fingerprint density at radius 1 is 1.00 bits per heavy atom. The Balaban J connectivity index is 1.39. The molecule has 0 aliphatic heterocycles. The number of rotatable bonds is 3. The Hall–Kier alpha value is -2.86. The molecule has 0 aliphatic rings. The average molecular weight is 438 g/mol. The van der Waals surface area contributed by atoms with Crippen LogP contribution >= 0.6 is 34.5 Å². The zero-order chi connectivity index (χ0) is 20.0. The number of benzene rings is 3. The zero-order valence-electron chi connectivity index (χ0n) is 14.9. The summed E-state index contributed by atoms with van der Waals surface area (Å²) in [7, 11) is 0. The maximum Gasteiger partial charge on any atom is 0.267 e. The van der Waals surface area contributed by atoms with E-state index >= 15 is 0 Å². The Labute approximate surface area is 180 Å². The molecule has 0 atom stereocenters. The van der Waals surface area contributed by atoms with Crippen molar-refractivity contribution in [1.82, 2.24) is 9.97 Å². The van der Waals surface area contributed by atoms with Crippen molar-refractivity contribution in [2.24, 2.45) is 0 Å². The number of anilines is 1. The molecule has 4 nitrogen and oxygen atoms in total. The number of hydrogen-bond donors (Lipinski definition) is 2. The van der Waals surface area contributed by atoms with Crippen molar-refractivity contribution in [3.8, 4) is 11.4 Å². The number of H-pyrrole nitrogens is 1. The second kappa shape index (κ2) is 7.19.